The van der Waals surface area contributed by atoms with Crippen LogP contribution in [0.2, 0.25) is 5.02 Å². The van der Waals surface area contributed by atoms with Crippen LogP contribution in [0, 0.1) is 5.82 Å². The molecule has 3 aromatic carbocycles. The molecule has 0 bridgehead atoms. The molecule has 5 nitrogen and oxygen atoms in total. The first-order valence-electron chi connectivity index (χ1n) is 10.3. The summed E-state index contributed by atoms with van der Waals surface area (Å²) < 4.78 is 14.2. The van der Waals surface area contributed by atoms with Crippen molar-refractivity contribution >= 4 is 34.0 Å². The van der Waals surface area contributed by atoms with Crippen molar-refractivity contribution in [3.63, 3.8) is 0 Å². The van der Waals surface area contributed by atoms with Crippen LogP contribution in [-0.2, 0) is 0 Å². The third-order valence-electron chi connectivity index (χ3n) is 5.92. The second-order valence-corrected chi connectivity index (χ2v) is 8.38. The minimum absolute atomic E-state index is 0.00527. The number of rotatable bonds is 4. The maximum atomic E-state index is 14.2. The molecule has 0 unspecified atom stereocenters. The molecule has 0 saturated carbocycles. The number of hydrogen-bond acceptors (Lipinski definition) is 4. The van der Waals surface area contributed by atoms with Gasteiger partial charge >= 0.3 is 0 Å². The Morgan fingerprint density at radius 3 is 2.56 bits per heavy atom. The van der Waals surface area contributed by atoms with Crippen molar-refractivity contribution < 1.29 is 19.4 Å². The van der Waals surface area contributed by atoms with Gasteiger partial charge in [-0.15, -0.1) is 0 Å². The van der Waals surface area contributed by atoms with Gasteiger partial charge in [0.05, 0.1) is 27.8 Å². The molecule has 1 aliphatic rings. The van der Waals surface area contributed by atoms with E-state index in [0.29, 0.717) is 28.0 Å². The van der Waals surface area contributed by atoms with Crippen LogP contribution in [0.25, 0.3) is 22.0 Å². The predicted octanol–water partition coefficient (Wildman–Crippen LogP) is 5.14. The summed E-state index contributed by atoms with van der Waals surface area (Å²) in [6, 6.07) is 16.9. The molecule has 162 valence electrons. The molecular weight excluding hydrogens is 431 g/mol. The molecule has 32 heavy (non-hydrogen) atoms. The van der Waals surface area contributed by atoms with E-state index in [1.54, 1.807) is 18.2 Å². The van der Waals surface area contributed by atoms with E-state index in [0.717, 1.165) is 24.2 Å². The predicted molar refractivity (Wildman–Crippen MR) is 123 cm³/mol. The smallest absolute Gasteiger partial charge is 0.202 e. The van der Waals surface area contributed by atoms with Crippen LogP contribution in [0.15, 0.2) is 60.7 Å². The third-order valence-corrected chi connectivity index (χ3v) is 6.23. The van der Waals surface area contributed by atoms with Crippen molar-refractivity contribution in [2.45, 2.75) is 12.5 Å². The second kappa shape index (κ2) is 7.97. The maximum absolute atomic E-state index is 14.2. The minimum atomic E-state index is -0.650. The quantitative estimate of drug-likeness (QED) is 0.376. The minimum Gasteiger partial charge on any atom is -0.494 e. The number of aromatic amines is 1. The number of halogens is 2. The molecule has 2 heterocycles. The lowest BCUT2D eigenvalue weighted by atomic mass is 9.98. The Kier molecular flexibility index (Phi) is 5.12. The molecule has 5 rings (SSSR count). The largest absolute Gasteiger partial charge is 0.494 e. The van der Waals surface area contributed by atoms with Crippen LogP contribution < -0.4 is 4.90 Å². The van der Waals surface area contributed by atoms with E-state index in [1.165, 1.54) is 18.2 Å². The molecule has 3 N–H and O–H groups in total. The van der Waals surface area contributed by atoms with Gasteiger partial charge in [0.1, 0.15) is 5.82 Å². The topological polar surface area (TPSA) is 76.6 Å². The molecule has 1 saturated heterocycles. The Morgan fingerprint density at radius 1 is 1.12 bits per heavy atom. The first-order chi connectivity index (χ1) is 15.4. The summed E-state index contributed by atoms with van der Waals surface area (Å²) in [7, 11) is 0. The second-order valence-electron chi connectivity index (χ2n) is 7.97. The van der Waals surface area contributed by atoms with Crippen molar-refractivity contribution in [3.05, 3.63) is 82.6 Å². The molecule has 0 amide bonds. The SMILES string of the molecule is O=C(c1ccccc1F)c1c(O)[nH]c2cc(Cl)c(-c3ccc(N4CC[C@H](O)C4)cc3)cc12. The Hall–Kier alpha value is -3.35. The fourth-order valence-electron chi connectivity index (χ4n) is 4.26. The summed E-state index contributed by atoms with van der Waals surface area (Å²) in [4.78, 5) is 17.9. The molecule has 1 atom stereocenters. The summed E-state index contributed by atoms with van der Waals surface area (Å²) in [6.45, 7) is 1.41. The summed E-state index contributed by atoms with van der Waals surface area (Å²) in [5.41, 5.74) is 2.91. The van der Waals surface area contributed by atoms with Gasteiger partial charge < -0.3 is 20.1 Å². The summed E-state index contributed by atoms with van der Waals surface area (Å²) in [5, 5.41) is 21.1. The van der Waals surface area contributed by atoms with Gasteiger partial charge in [0.2, 0.25) is 11.7 Å². The van der Waals surface area contributed by atoms with E-state index in [-0.39, 0.29) is 23.1 Å². The lowest BCUT2D eigenvalue weighted by molar-refractivity contribution is 0.103. The van der Waals surface area contributed by atoms with Crippen molar-refractivity contribution in [3.8, 4) is 17.0 Å². The monoisotopic (exact) mass is 450 g/mol. The van der Waals surface area contributed by atoms with Crippen molar-refractivity contribution in [2.24, 2.45) is 0 Å². The number of nitrogens with zero attached hydrogens (tertiary/aromatic N) is 1. The fourth-order valence-corrected chi connectivity index (χ4v) is 4.53. The van der Waals surface area contributed by atoms with Gasteiger partial charge in [-0.1, -0.05) is 35.9 Å². The van der Waals surface area contributed by atoms with E-state index in [1.807, 2.05) is 24.3 Å². The van der Waals surface area contributed by atoms with Gasteiger partial charge in [0.25, 0.3) is 0 Å². The Labute approximate surface area is 188 Å². The average Bonchev–Trinajstić information content (AvgIpc) is 3.35. The van der Waals surface area contributed by atoms with E-state index in [9.17, 15) is 19.4 Å². The lowest BCUT2D eigenvalue weighted by Gasteiger charge is -2.18. The Balaban J connectivity index is 1.56. The van der Waals surface area contributed by atoms with Crippen molar-refractivity contribution in [1.82, 2.24) is 4.98 Å². The zero-order valence-corrected chi connectivity index (χ0v) is 17.7. The number of anilines is 1. The van der Waals surface area contributed by atoms with Gasteiger partial charge in [-0.3, -0.25) is 4.79 Å². The van der Waals surface area contributed by atoms with E-state index >= 15 is 0 Å². The standard InChI is InChI=1S/C25H20ClFN2O3/c26-20-12-22-19(23(25(32)28-22)24(31)17-3-1-2-4-21(17)27)11-18(20)14-5-7-15(8-6-14)29-10-9-16(30)13-29/h1-8,11-12,16,28,30,32H,9-10,13H2/t16-/m0/s1. The molecule has 1 aromatic heterocycles. The Bertz CT molecular complexity index is 1330. The molecule has 1 aliphatic heterocycles. The zero-order chi connectivity index (χ0) is 22.4. The number of aromatic nitrogens is 1. The van der Waals surface area contributed by atoms with Crippen LogP contribution in [-0.4, -0.2) is 40.2 Å². The normalized spacial score (nSPS) is 16.1. The maximum Gasteiger partial charge on any atom is 0.202 e. The van der Waals surface area contributed by atoms with Crippen molar-refractivity contribution in [1.29, 1.82) is 0 Å². The number of benzene rings is 3. The van der Waals surface area contributed by atoms with Gasteiger partial charge in [0, 0.05) is 29.7 Å². The number of nitrogens with one attached hydrogen (secondary N) is 1. The van der Waals surface area contributed by atoms with Crippen LogP contribution in [0.3, 0.4) is 0 Å². The molecule has 0 spiro atoms. The number of carbonyl (C=O) groups excluding carboxylic acids is 1. The van der Waals surface area contributed by atoms with Crippen molar-refractivity contribution in [2.75, 3.05) is 18.0 Å². The number of fused-ring (bicyclic) bond motifs is 1. The van der Waals surface area contributed by atoms with Gasteiger partial charge in [-0.25, -0.2) is 4.39 Å². The third kappa shape index (κ3) is 3.51. The van der Waals surface area contributed by atoms with E-state index in [4.69, 9.17) is 11.6 Å². The fraction of sp³-hybridized carbons (Fsp3) is 0.160. The summed E-state index contributed by atoms with van der Waals surface area (Å²) in [6.07, 6.45) is 0.443. The first-order valence-corrected chi connectivity index (χ1v) is 10.7. The lowest BCUT2D eigenvalue weighted by Crippen LogP contribution is -2.20. The first kappa shape index (κ1) is 20.5. The van der Waals surface area contributed by atoms with Crippen LogP contribution >= 0.6 is 11.6 Å². The highest BCUT2D eigenvalue weighted by Gasteiger charge is 2.24. The van der Waals surface area contributed by atoms with Gasteiger partial charge in [-0.2, -0.15) is 0 Å². The molecular formula is C25H20ClFN2O3. The summed E-state index contributed by atoms with van der Waals surface area (Å²) >= 11 is 6.52. The number of β-amino-alcohol motifs (C(OH)–C–C–N with tert-alkyl or cyclic N) is 1. The highest BCUT2D eigenvalue weighted by molar-refractivity contribution is 6.34. The zero-order valence-electron chi connectivity index (χ0n) is 17.0. The number of ketones is 1. The number of carbonyl (C=O) groups is 1. The number of aliphatic hydroxyl groups is 1. The molecule has 0 aliphatic carbocycles. The Morgan fingerprint density at radius 2 is 1.88 bits per heavy atom. The van der Waals surface area contributed by atoms with Gasteiger partial charge in [0.15, 0.2) is 0 Å². The number of aliphatic hydroxyl groups excluding tert-OH is 1. The number of aromatic hydroxyl groups is 1. The number of H-pyrrole nitrogens is 1. The average molecular weight is 451 g/mol. The molecule has 0 radical (unpaired) electrons. The molecule has 7 heteroatoms. The van der Waals surface area contributed by atoms with Crippen LogP contribution in [0.5, 0.6) is 5.88 Å². The number of hydrogen-bond donors (Lipinski definition) is 3. The van der Waals surface area contributed by atoms with E-state index < -0.39 is 11.6 Å². The highest BCUT2D eigenvalue weighted by Crippen LogP contribution is 2.38. The molecule has 1 fully saturated rings. The van der Waals surface area contributed by atoms with Crippen LogP contribution in [0.1, 0.15) is 22.3 Å². The highest BCUT2D eigenvalue weighted by atomic mass is 35.5. The summed E-state index contributed by atoms with van der Waals surface area (Å²) in [5.74, 6) is -1.59. The molecule has 4 aromatic rings. The van der Waals surface area contributed by atoms with Gasteiger partial charge in [-0.05, 0) is 48.4 Å². The van der Waals surface area contributed by atoms with E-state index in [2.05, 4.69) is 9.88 Å². The van der Waals surface area contributed by atoms with Crippen LogP contribution in [0.4, 0.5) is 10.1 Å².